The van der Waals surface area contributed by atoms with E-state index in [0.29, 0.717) is 16.8 Å². The number of β-amino-alcohol motifs (C(OH)–C–C–N with tert-alkyl or cyclic N) is 1. The number of nitrogens with zero attached hydrogens (tertiary/aromatic N) is 6. The van der Waals surface area contributed by atoms with Crippen LogP contribution in [-0.2, 0) is 9.59 Å². The lowest BCUT2D eigenvalue weighted by atomic mass is 9.85. The van der Waals surface area contributed by atoms with Crippen molar-refractivity contribution in [3.05, 3.63) is 30.2 Å². The Bertz CT molecular complexity index is 989. The third kappa shape index (κ3) is 4.16. The number of pyridine rings is 1. The van der Waals surface area contributed by atoms with Gasteiger partial charge in [-0.15, -0.1) is 5.10 Å². The molecule has 2 aromatic heterocycles. The molecule has 1 fully saturated rings. The number of likely N-dealkylation sites (N-methyl/N-ethyl adjacent to an activating group) is 1. The highest BCUT2D eigenvalue weighted by molar-refractivity contribution is 5.90. The summed E-state index contributed by atoms with van der Waals surface area (Å²) in [7, 11) is 1.50. The smallest absolute Gasteiger partial charge is 0.248 e. The normalized spacial score (nSPS) is 19.9. The molecule has 3 heterocycles. The summed E-state index contributed by atoms with van der Waals surface area (Å²) < 4.78 is 1.47. The highest BCUT2D eigenvalue weighted by Crippen LogP contribution is 2.34. The fraction of sp³-hybridized carbons (Fsp3) is 0.500. The van der Waals surface area contributed by atoms with Crippen LogP contribution < -0.4 is 5.32 Å². The van der Waals surface area contributed by atoms with E-state index in [1.165, 1.54) is 22.8 Å². The van der Waals surface area contributed by atoms with Crippen molar-refractivity contribution < 1.29 is 14.7 Å². The van der Waals surface area contributed by atoms with Crippen molar-refractivity contribution in [2.45, 2.75) is 45.4 Å². The van der Waals surface area contributed by atoms with Gasteiger partial charge >= 0.3 is 0 Å². The van der Waals surface area contributed by atoms with Gasteiger partial charge in [-0.2, -0.15) is 5.26 Å². The number of nitriles is 1. The van der Waals surface area contributed by atoms with Gasteiger partial charge in [-0.25, -0.2) is 4.68 Å². The van der Waals surface area contributed by atoms with Crippen molar-refractivity contribution in [3.8, 4) is 17.3 Å². The van der Waals surface area contributed by atoms with Gasteiger partial charge in [-0.1, -0.05) is 26.0 Å². The lowest BCUT2D eigenvalue weighted by Gasteiger charge is -2.34. The number of hydrogen-bond donors (Lipinski definition) is 2. The summed E-state index contributed by atoms with van der Waals surface area (Å²) in [5, 5.41) is 30.0. The molecule has 2 N–H and O–H groups in total. The van der Waals surface area contributed by atoms with E-state index in [1.54, 1.807) is 18.5 Å². The maximum Gasteiger partial charge on any atom is 0.248 e. The summed E-state index contributed by atoms with van der Waals surface area (Å²) in [5.41, 5.74) is 0.937. The zero-order chi connectivity index (χ0) is 22.1. The Balaban J connectivity index is 1.96. The fourth-order valence-electron chi connectivity index (χ4n) is 3.69. The number of aromatic nitrogens is 4. The quantitative estimate of drug-likeness (QED) is 0.747. The molecule has 3 rings (SSSR count). The molecular weight excluding hydrogens is 386 g/mol. The van der Waals surface area contributed by atoms with Gasteiger partial charge in [-0.05, 0) is 11.5 Å². The standard InChI is InChI=1S/C20H25N7O3/c1-20(2,3)17(19(30)26-10-14(28)6-16(26)18(29)22-4)27-11-15(24-25-27)13-5-12(7-21)8-23-9-13/h5,8-9,11,14,16-17,28H,6,10H2,1-4H3,(H,22,29)/t14?,16-,17?/m1/s1. The number of aliphatic hydroxyl groups excluding tert-OH is 1. The van der Waals surface area contributed by atoms with E-state index < -0.39 is 23.6 Å². The molecule has 0 aliphatic carbocycles. The average Bonchev–Trinajstić information content (AvgIpc) is 3.33. The van der Waals surface area contributed by atoms with Crippen molar-refractivity contribution in [2.24, 2.45) is 5.41 Å². The number of carbonyl (C=O) groups is 2. The van der Waals surface area contributed by atoms with Gasteiger partial charge in [0.1, 0.15) is 23.8 Å². The number of carbonyl (C=O) groups excluding carboxylic acids is 2. The molecule has 1 saturated heterocycles. The Kier molecular flexibility index (Phi) is 5.85. The molecule has 30 heavy (non-hydrogen) atoms. The number of rotatable bonds is 4. The van der Waals surface area contributed by atoms with Crippen molar-refractivity contribution in [1.82, 2.24) is 30.2 Å². The molecule has 10 heteroatoms. The SMILES string of the molecule is CNC(=O)[C@H]1CC(O)CN1C(=O)C(n1cc(-c2cncc(C#N)c2)nn1)C(C)(C)C. The predicted molar refractivity (Wildman–Crippen MR) is 107 cm³/mol. The van der Waals surface area contributed by atoms with E-state index in [-0.39, 0.29) is 24.8 Å². The first-order valence-electron chi connectivity index (χ1n) is 9.63. The van der Waals surface area contributed by atoms with Gasteiger partial charge in [-0.3, -0.25) is 14.6 Å². The minimum Gasteiger partial charge on any atom is -0.391 e. The van der Waals surface area contributed by atoms with E-state index in [4.69, 9.17) is 5.26 Å². The van der Waals surface area contributed by atoms with Crippen molar-refractivity contribution in [3.63, 3.8) is 0 Å². The van der Waals surface area contributed by atoms with Crippen LogP contribution in [0.1, 0.15) is 38.8 Å². The van der Waals surface area contributed by atoms with Crippen LogP contribution in [0.4, 0.5) is 0 Å². The molecule has 0 bridgehead atoms. The van der Waals surface area contributed by atoms with E-state index in [1.807, 2.05) is 26.8 Å². The van der Waals surface area contributed by atoms with Crippen molar-refractivity contribution in [1.29, 1.82) is 5.26 Å². The molecule has 3 atom stereocenters. The molecule has 0 radical (unpaired) electrons. The monoisotopic (exact) mass is 411 g/mol. The second kappa shape index (κ2) is 8.20. The van der Waals surface area contributed by atoms with Crippen LogP contribution in [0.3, 0.4) is 0 Å². The van der Waals surface area contributed by atoms with Crippen LogP contribution in [0.2, 0.25) is 0 Å². The summed E-state index contributed by atoms with van der Waals surface area (Å²) in [4.78, 5) is 31.2. The Hall–Kier alpha value is -3.32. The van der Waals surface area contributed by atoms with Crippen LogP contribution in [0.25, 0.3) is 11.3 Å². The zero-order valence-corrected chi connectivity index (χ0v) is 17.4. The largest absolute Gasteiger partial charge is 0.391 e. The second-order valence-corrected chi connectivity index (χ2v) is 8.44. The number of likely N-dealkylation sites (tertiary alicyclic amines) is 1. The third-order valence-corrected chi connectivity index (χ3v) is 5.10. The minimum absolute atomic E-state index is 0.0825. The third-order valence-electron chi connectivity index (χ3n) is 5.10. The van der Waals surface area contributed by atoms with Crippen molar-refractivity contribution in [2.75, 3.05) is 13.6 Å². The van der Waals surface area contributed by atoms with Gasteiger partial charge in [0.15, 0.2) is 0 Å². The van der Waals surface area contributed by atoms with Gasteiger partial charge < -0.3 is 15.3 Å². The Morgan fingerprint density at radius 2 is 2.10 bits per heavy atom. The van der Waals surface area contributed by atoms with Gasteiger partial charge in [0.25, 0.3) is 0 Å². The topological polar surface area (TPSA) is 137 Å². The first kappa shape index (κ1) is 21.4. The first-order valence-corrected chi connectivity index (χ1v) is 9.63. The highest BCUT2D eigenvalue weighted by atomic mass is 16.3. The summed E-state index contributed by atoms with van der Waals surface area (Å²) in [6, 6.07) is 2.20. The minimum atomic E-state index is -0.761. The lowest BCUT2D eigenvalue weighted by Crippen LogP contribution is -2.49. The maximum atomic E-state index is 13.5. The number of amides is 2. The first-order chi connectivity index (χ1) is 14.2. The molecule has 2 amide bonds. The zero-order valence-electron chi connectivity index (χ0n) is 17.4. The van der Waals surface area contributed by atoms with Gasteiger partial charge in [0.2, 0.25) is 11.8 Å². The molecule has 0 aromatic carbocycles. The molecule has 2 unspecified atom stereocenters. The van der Waals surface area contributed by atoms with Crippen LogP contribution in [-0.4, -0.2) is 67.5 Å². The van der Waals surface area contributed by atoms with E-state index in [9.17, 15) is 14.7 Å². The van der Waals surface area contributed by atoms with Crippen LogP contribution in [0.5, 0.6) is 0 Å². The summed E-state index contributed by atoms with van der Waals surface area (Å²) in [5.74, 6) is -0.626. The van der Waals surface area contributed by atoms with Crippen LogP contribution in [0, 0.1) is 16.7 Å². The predicted octanol–water partition coefficient (Wildman–Crippen LogP) is 0.507. The van der Waals surface area contributed by atoms with E-state index >= 15 is 0 Å². The molecule has 2 aromatic rings. The van der Waals surface area contributed by atoms with Crippen LogP contribution >= 0.6 is 0 Å². The van der Waals surface area contributed by atoms with Crippen molar-refractivity contribution >= 4 is 11.8 Å². The molecule has 0 spiro atoms. The fourth-order valence-corrected chi connectivity index (χ4v) is 3.69. The Labute approximate surface area is 174 Å². The van der Waals surface area contributed by atoms with E-state index in [0.717, 1.165) is 0 Å². The Morgan fingerprint density at radius 1 is 1.37 bits per heavy atom. The number of aliphatic hydroxyl groups is 1. The molecule has 10 nitrogen and oxygen atoms in total. The molecule has 158 valence electrons. The highest BCUT2D eigenvalue weighted by Gasteiger charge is 2.45. The second-order valence-electron chi connectivity index (χ2n) is 8.44. The summed E-state index contributed by atoms with van der Waals surface area (Å²) in [6.45, 7) is 5.78. The van der Waals surface area contributed by atoms with Gasteiger partial charge in [0, 0.05) is 38.0 Å². The molecular formula is C20H25N7O3. The van der Waals surface area contributed by atoms with E-state index in [2.05, 4.69) is 20.6 Å². The average molecular weight is 411 g/mol. The molecule has 1 aliphatic rings. The molecule has 1 aliphatic heterocycles. The number of nitrogens with one attached hydrogen (secondary N) is 1. The Morgan fingerprint density at radius 3 is 2.73 bits per heavy atom. The van der Waals surface area contributed by atoms with Crippen LogP contribution in [0.15, 0.2) is 24.7 Å². The lowest BCUT2D eigenvalue weighted by molar-refractivity contribution is -0.144. The molecule has 0 saturated carbocycles. The summed E-state index contributed by atoms with van der Waals surface area (Å²) in [6.07, 6.45) is 4.09. The summed E-state index contributed by atoms with van der Waals surface area (Å²) >= 11 is 0. The number of hydrogen-bond acceptors (Lipinski definition) is 7. The maximum absolute atomic E-state index is 13.5. The van der Waals surface area contributed by atoms with Gasteiger partial charge in [0.05, 0.1) is 17.9 Å².